The highest BCUT2D eigenvalue weighted by Gasteiger charge is 2.19. The molecule has 7 nitrogen and oxygen atoms in total. The SMILES string of the molecule is CN=C(NCCCNS(C)(=O)=O)N1CCN(Cc2ccccc2)CC1. The smallest absolute Gasteiger partial charge is 0.208 e. The van der Waals surface area contributed by atoms with Gasteiger partial charge in [-0.2, -0.15) is 0 Å². The maximum Gasteiger partial charge on any atom is 0.208 e. The largest absolute Gasteiger partial charge is 0.356 e. The summed E-state index contributed by atoms with van der Waals surface area (Å²) < 4.78 is 24.5. The van der Waals surface area contributed by atoms with E-state index in [0.29, 0.717) is 13.1 Å². The van der Waals surface area contributed by atoms with Gasteiger partial charge in [0.2, 0.25) is 10.0 Å². The lowest BCUT2D eigenvalue weighted by Gasteiger charge is -2.36. The van der Waals surface area contributed by atoms with E-state index in [9.17, 15) is 8.42 Å². The standard InChI is InChI=1S/C17H29N5O2S/c1-18-17(19-9-6-10-20-25(2,23)24)22-13-11-21(12-14-22)15-16-7-4-3-5-8-16/h3-5,7-8,20H,6,9-15H2,1-2H3,(H,18,19). The van der Waals surface area contributed by atoms with Crippen LogP contribution in [0.4, 0.5) is 0 Å². The van der Waals surface area contributed by atoms with Gasteiger partial charge in [-0.3, -0.25) is 9.89 Å². The zero-order chi connectivity index (χ0) is 18.1. The van der Waals surface area contributed by atoms with E-state index in [0.717, 1.165) is 45.1 Å². The Balaban J connectivity index is 1.69. The average molecular weight is 368 g/mol. The summed E-state index contributed by atoms with van der Waals surface area (Å²) in [5.74, 6) is 0.888. The first-order valence-electron chi connectivity index (χ1n) is 8.64. The Kier molecular flexibility index (Phi) is 7.67. The quantitative estimate of drug-likeness (QED) is 0.412. The van der Waals surface area contributed by atoms with Crippen molar-refractivity contribution in [2.45, 2.75) is 13.0 Å². The third-order valence-corrected chi connectivity index (χ3v) is 4.86. The minimum Gasteiger partial charge on any atom is -0.356 e. The third kappa shape index (κ3) is 7.41. The molecule has 8 heteroatoms. The second-order valence-corrected chi connectivity index (χ2v) is 8.08. The molecule has 2 rings (SSSR count). The first-order chi connectivity index (χ1) is 12.0. The number of hydrogen-bond donors (Lipinski definition) is 2. The van der Waals surface area contributed by atoms with Crippen LogP contribution >= 0.6 is 0 Å². The number of hydrogen-bond acceptors (Lipinski definition) is 4. The third-order valence-electron chi connectivity index (χ3n) is 4.13. The molecule has 1 aliphatic rings. The number of aliphatic imine (C=N–C) groups is 1. The van der Waals surface area contributed by atoms with Gasteiger partial charge in [0.05, 0.1) is 6.26 Å². The molecule has 0 aromatic heterocycles. The van der Waals surface area contributed by atoms with Crippen molar-refractivity contribution in [1.29, 1.82) is 0 Å². The molecule has 0 saturated carbocycles. The predicted octanol–water partition coefficient (Wildman–Crippen LogP) is 0.319. The van der Waals surface area contributed by atoms with Gasteiger partial charge in [0.15, 0.2) is 5.96 Å². The lowest BCUT2D eigenvalue weighted by molar-refractivity contribution is 0.172. The van der Waals surface area contributed by atoms with E-state index in [1.54, 1.807) is 7.05 Å². The van der Waals surface area contributed by atoms with Gasteiger partial charge in [-0.1, -0.05) is 30.3 Å². The van der Waals surface area contributed by atoms with Crippen LogP contribution in [0.15, 0.2) is 35.3 Å². The van der Waals surface area contributed by atoms with E-state index in [-0.39, 0.29) is 0 Å². The van der Waals surface area contributed by atoms with Crippen LogP contribution in [-0.2, 0) is 16.6 Å². The highest BCUT2D eigenvalue weighted by Crippen LogP contribution is 2.08. The van der Waals surface area contributed by atoms with Gasteiger partial charge in [-0.15, -0.1) is 0 Å². The van der Waals surface area contributed by atoms with Crippen LogP contribution in [0.2, 0.25) is 0 Å². The van der Waals surface area contributed by atoms with Crippen molar-refractivity contribution in [1.82, 2.24) is 19.8 Å². The number of nitrogens with zero attached hydrogens (tertiary/aromatic N) is 3. The van der Waals surface area contributed by atoms with Gasteiger partial charge in [0, 0.05) is 52.9 Å². The molecule has 2 N–H and O–H groups in total. The molecule has 1 aromatic rings. The maximum atomic E-state index is 11.0. The van der Waals surface area contributed by atoms with Crippen LogP contribution in [0.5, 0.6) is 0 Å². The number of sulfonamides is 1. The number of piperazine rings is 1. The van der Waals surface area contributed by atoms with E-state index in [1.807, 2.05) is 6.07 Å². The van der Waals surface area contributed by atoms with Crippen LogP contribution in [0.25, 0.3) is 0 Å². The molecule has 1 aromatic carbocycles. The van der Waals surface area contributed by atoms with Crippen LogP contribution in [-0.4, -0.2) is 76.7 Å². The van der Waals surface area contributed by atoms with Crippen molar-refractivity contribution >= 4 is 16.0 Å². The van der Waals surface area contributed by atoms with Crippen molar-refractivity contribution in [2.75, 3.05) is 52.6 Å². The Hall–Kier alpha value is -1.64. The normalized spacial score (nSPS) is 16.9. The maximum absolute atomic E-state index is 11.0. The van der Waals surface area contributed by atoms with Gasteiger partial charge in [-0.05, 0) is 12.0 Å². The zero-order valence-corrected chi connectivity index (χ0v) is 15.9. The highest BCUT2D eigenvalue weighted by molar-refractivity contribution is 7.88. The molecule has 0 unspecified atom stereocenters. The molecule has 1 saturated heterocycles. The fraction of sp³-hybridized carbons (Fsp3) is 0.588. The molecule has 0 amide bonds. The van der Waals surface area contributed by atoms with Crippen molar-refractivity contribution in [3.63, 3.8) is 0 Å². The second kappa shape index (κ2) is 9.74. The fourth-order valence-electron chi connectivity index (χ4n) is 2.84. The van der Waals surface area contributed by atoms with E-state index >= 15 is 0 Å². The van der Waals surface area contributed by atoms with Gasteiger partial charge in [0.1, 0.15) is 0 Å². The molecular formula is C17H29N5O2S. The molecule has 0 radical (unpaired) electrons. The molecule has 25 heavy (non-hydrogen) atoms. The topological polar surface area (TPSA) is 77.0 Å². The van der Waals surface area contributed by atoms with Crippen molar-refractivity contribution in [2.24, 2.45) is 4.99 Å². The predicted molar refractivity (Wildman–Crippen MR) is 102 cm³/mol. The minimum atomic E-state index is -3.11. The molecule has 0 aliphatic carbocycles. The Morgan fingerprint density at radius 1 is 1.12 bits per heavy atom. The van der Waals surface area contributed by atoms with Gasteiger partial charge >= 0.3 is 0 Å². The summed E-state index contributed by atoms with van der Waals surface area (Å²) in [6.45, 7) is 6.00. The highest BCUT2D eigenvalue weighted by atomic mass is 32.2. The number of benzene rings is 1. The Morgan fingerprint density at radius 3 is 2.40 bits per heavy atom. The second-order valence-electron chi connectivity index (χ2n) is 6.24. The molecule has 1 aliphatic heterocycles. The van der Waals surface area contributed by atoms with Crippen LogP contribution in [0.3, 0.4) is 0 Å². The summed E-state index contributed by atoms with van der Waals surface area (Å²) in [5, 5.41) is 3.31. The molecule has 0 atom stereocenters. The monoisotopic (exact) mass is 367 g/mol. The minimum absolute atomic E-state index is 0.438. The van der Waals surface area contributed by atoms with Crippen LogP contribution in [0, 0.1) is 0 Å². The fourth-order valence-corrected chi connectivity index (χ4v) is 3.35. The van der Waals surface area contributed by atoms with E-state index < -0.39 is 10.0 Å². The molecule has 0 bridgehead atoms. The van der Waals surface area contributed by atoms with Gasteiger partial charge in [-0.25, -0.2) is 13.1 Å². The summed E-state index contributed by atoms with van der Waals surface area (Å²) >= 11 is 0. The molecule has 1 fully saturated rings. The summed E-state index contributed by atoms with van der Waals surface area (Å²) in [7, 11) is -1.32. The van der Waals surface area contributed by atoms with E-state index in [2.05, 4.69) is 49.1 Å². The number of rotatable bonds is 7. The van der Waals surface area contributed by atoms with E-state index in [1.165, 1.54) is 11.8 Å². The summed E-state index contributed by atoms with van der Waals surface area (Å²) in [6, 6.07) is 10.5. The van der Waals surface area contributed by atoms with Gasteiger partial charge < -0.3 is 10.2 Å². The van der Waals surface area contributed by atoms with Crippen LogP contribution in [0.1, 0.15) is 12.0 Å². The van der Waals surface area contributed by atoms with Crippen molar-refractivity contribution < 1.29 is 8.42 Å². The average Bonchev–Trinajstić information content (AvgIpc) is 2.59. The molecular weight excluding hydrogens is 338 g/mol. The Morgan fingerprint density at radius 2 is 1.80 bits per heavy atom. The van der Waals surface area contributed by atoms with E-state index in [4.69, 9.17) is 0 Å². The summed E-state index contributed by atoms with van der Waals surface area (Å²) in [6.07, 6.45) is 1.90. The molecule has 140 valence electrons. The zero-order valence-electron chi connectivity index (χ0n) is 15.1. The Labute approximate surface area is 151 Å². The lowest BCUT2D eigenvalue weighted by atomic mass is 10.2. The first kappa shape index (κ1) is 19.7. The number of nitrogens with one attached hydrogen (secondary N) is 2. The molecule has 1 heterocycles. The van der Waals surface area contributed by atoms with Crippen molar-refractivity contribution in [3.8, 4) is 0 Å². The lowest BCUT2D eigenvalue weighted by Crippen LogP contribution is -2.52. The summed E-state index contributed by atoms with van der Waals surface area (Å²) in [4.78, 5) is 9.05. The summed E-state index contributed by atoms with van der Waals surface area (Å²) in [5.41, 5.74) is 1.34. The van der Waals surface area contributed by atoms with Crippen LogP contribution < -0.4 is 10.0 Å². The number of guanidine groups is 1. The Bertz CT molecular complexity index is 640. The molecule has 0 spiro atoms. The first-order valence-corrected chi connectivity index (χ1v) is 10.5. The van der Waals surface area contributed by atoms with Crippen molar-refractivity contribution in [3.05, 3.63) is 35.9 Å². The van der Waals surface area contributed by atoms with Gasteiger partial charge in [0.25, 0.3) is 0 Å².